The fraction of sp³-hybridized carbons (Fsp3) is 0.200. The summed E-state index contributed by atoms with van der Waals surface area (Å²) in [5.74, 6) is 1.07. The molecule has 3 nitrogen and oxygen atoms in total. The van der Waals surface area contributed by atoms with Crippen LogP contribution in [0.25, 0.3) is 0 Å². The number of phenols is 1. The number of anilines is 1. The van der Waals surface area contributed by atoms with Crippen molar-refractivity contribution in [2.75, 3.05) is 12.4 Å². The largest absolute Gasteiger partial charge is 0.508 e. The average Bonchev–Trinajstić information content (AvgIpc) is 2.37. The first kappa shape index (κ1) is 15.2. The Bertz CT molecular complexity index is 606. The zero-order chi connectivity index (χ0) is 14.7. The predicted octanol–water partition coefficient (Wildman–Crippen LogP) is 4.85. The van der Waals surface area contributed by atoms with Gasteiger partial charge in [-0.3, -0.25) is 0 Å². The Morgan fingerprint density at radius 1 is 1.15 bits per heavy atom. The monoisotopic (exact) mass is 399 g/mol. The first-order chi connectivity index (χ1) is 9.51. The molecule has 20 heavy (non-hydrogen) atoms. The summed E-state index contributed by atoms with van der Waals surface area (Å²) in [6, 6.07) is 9.33. The Kier molecular flexibility index (Phi) is 4.94. The Labute approximate surface area is 135 Å². The van der Waals surface area contributed by atoms with Crippen LogP contribution < -0.4 is 10.1 Å². The van der Waals surface area contributed by atoms with Crippen LogP contribution in [-0.2, 0) is 6.54 Å². The van der Waals surface area contributed by atoms with Gasteiger partial charge < -0.3 is 15.2 Å². The molecule has 0 fully saturated rings. The average molecular weight is 401 g/mol. The molecular formula is C15H15Br2NO2. The maximum atomic E-state index is 9.40. The Morgan fingerprint density at radius 2 is 1.80 bits per heavy atom. The summed E-state index contributed by atoms with van der Waals surface area (Å²) in [6.45, 7) is 2.65. The molecule has 0 aromatic heterocycles. The van der Waals surface area contributed by atoms with Gasteiger partial charge >= 0.3 is 0 Å². The van der Waals surface area contributed by atoms with Crippen molar-refractivity contribution in [3.63, 3.8) is 0 Å². The molecule has 0 aliphatic heterocycles. The Balaban J connectivity index is 2.15. The molecule has 0 amide bonds. The van der Waals surface area contributed by atoms with Gasteiger partial charge in [0.05, 0.1) is 16.1 Å². The number of aromatic hydroxyl groups is 1. The van der Waals surface area contributed by atoms with E-state index < -0.39 is 0 Å². The topological polar surface area (TPSA) is 41.5 Å². The van der Waals surface area contributed by atoms with Gasteiger partial charge in [-0.05, 0) is 80.2 Å². The third-order valence-electron chi connectivity index (χ3n) is 2.96. The summed E-state index contributed by atoms with van der Waals surface area (Å²) in [6.07, 6.45) is 0. The third-order valence-corrected chi connectivity index (χ3v) is 4.13. The smallest absolute Gasteiger partial charge is 0.147 e. The van der Waals surface area contributed by atoms with Gasteiger partial charge in [-0.25, -0.2) is 0 Å². The summed E-state index contributed by atoms with van der Waals surface area (Å²) in [7, 11) is 1.64. The number of ether oxygens (including phenoxy) is 1. The van der Waals surface area contributed by atoms with Gasteiger partial charge in [-0.2, -0.15) is 0 Å². The number of methoxy groups -OCH3 is 1. The van der Waals surface area contributed by atoms with Gasteiger partial charge in [0, 0.05) is 12.2 Å². The van der Waals surface area contributed by atoms with Gasteiger partial charge in [-0.15, -0.1) is 0 Å². The van der Waals surface area contributed by atoms with E-state index in [-0.39, 0.29) is 5.75 Å². The standard InChI is InChI=1S/C15H15Br2NO2/c1-9-5-11(19)3-4-14(9)18-8-10-6-12(16)15(20-2)13(17)7-10/h3-7,18-19H,8H2,1-2H3. The Morgan fingerprint density at radius 3 is 2.35 bits per heavy atom. The van der Waals surface area contributed by atoms with Crippen LogP contribution >= 0.6 is 31.9 Å². The van der Waals surface area contributed by atoms with Gasteiger partial charge in [0.2, 0.25) is 0 Å². The number of hydrogen-bond acceptors (Lipinski definition) is 3. The molecule has 0 heterocycles. The van der Waals surface area contributed by atoms with E-state index in [2.05, 4.69) is 37.2 Å². The number of phenolic OH excluding ortho intramolecular Hbond substituents is 1. The number of hydrogen-bond donors (Lipinski definition) is 2. The van der Waals surface area contributed by atoms with E-state index in [4.69, 9.17) is 4.74 Å². The first-order valence-corrected chi connectivity index (χ1v) is 7.65. The highest BCUT2D eigenvalue weighted by molar-refractivity contribution is 9.11. The van der Waals surface area contributed by atoms with Crippen LogP contribution in [0.2, 0.25) is 0 Å². The molecule has 0 atom stereocenters. The lowest BCUT2D eigenvalue weighted by Crippen LogP contribution is -2.01. The minimum atomic E-state index is 0.281. The molecule has 0 unspecified atom stereocenters. The van der Waals surface area contributed by atoms with Crippen molar-refractivity contribution in [3.05, 3.63) is 50.4 Å². The molecule has 0 aliphatic carbocycles. The molecule has 2 aromatic carbocycles. The number of aryl methyl sites for hydroxylation is 1. The van der Waals surface area contributed by atoms with Crippen molar-refractivity contribution >= 4 is 37.5 Å². The highest BCUT2D eigenvalue weighted by Gasteiger charge is 2.08. The summed E-state index contributed by atoms with van der Waals surface area (Å²) in [5.41, 5.74) is 3.14. The van der Waals surface area contributed by atoms with Crippen molar-refractivity contribution in [3.8, 4) is 11.5 Å². The highest BCUT2D eigenvalue weighted by Crippen LogP contribution is 2.34. The molecule has 2 aromatic rings. The molecule has 106 valence electrons. The zero-order valence-electron chi connectivity index (χ0n) is 11.2. The lowest BCUT2D eigenvalue weighted by Gasteiger charge is -2.12. The second-order valence-electron chi connectivity index (χ2n) is 4.45. The summed E-state index contributed by atoms with van der Waals surface area (Å²) >= 11 is 6.99. The van der Waals surface area contributed by atoms with Crippen LogP contribution in [0, 0.1) is 6.92 Å². The van der Waals surface area contributed by atoms with Crippen LogP contribution in [0.4, 0.5) is 5.69 Å². The summed E-state index contributed by atoms with van der Waals surface area (Å²) in [5, 5.41) is 12.8. The molecule has 0 saturated carbocycles. The van der Waals surface area contributed by atoms with E-state index in [1.807, 2.05) is 25.1 Å². The molecule has 2 rings (SSSR count). The number of halogens is 2. The van der Waals surface area contributed by atoms with E-state index in [1.54, 1.807) is 19.2 Å². The maximum absolute atomic E-state index is 9.40. The van der Waals surface area contributed by atoms with Crippen LogP contribution in [0.5, 0.6) is 11.5 Å². The van der Waals surface area contributed by atoms with Crippen LogP contribution in [0.15, 0.2) is 39.3 Å². The first-order valence-electron chi connectivity index (χ1n) is 6.06. The summed E-state index contributed by atoms with van der Waals surface area (Å²) < 4.78 is 7.11. The lowest BCUT2D eigenvalue weighted by molar-refractivity contribution is 0.409. The SMILES string of the molecule is COc1c(Br)cc(CNc2ccc(O)cc2C)cc1Br. The van der Waals surface area contributed by atoms with Gasteiger partial charge in [0.15, 0.2) is 0 Å². The van der Waals surface area contributed by atoms with Gasteiger partial charge in [-0.1, -0.05) is 0 Å². The normalized spacial score (nSPS) is 10.4. The molecule has 0 bridgehead atoms. The number of nitrogens with one attached hydrogen (secondary N) is 1. The lowest BCUT2D eigenvalue weighted by atomic mass is 10.1. The van der Waals surface area contributed by atoms with E-state index in [0.717, 1.165) is 31.5 Å². The number of benzene rings is 2. The van der Waals surface area contributed by atoms with Crippen LogP contribution in [-0.4, -0.2) is 12.2 Å². The third kappa shape index (κ3) is 3.46. The molecule has 0 spiro atoms. The minimum Gasteiger partial charge on any atom is -0.508 e. The van der Waals surface area contributed by atoms with Gasteiger partial charge in [0.1, 0.15) is 11.5 Å². The molecule has 2 N–H and O–H groups in total. The highest BCUT2D eigenvalue weighted by atomic mass is 79.9. The van der Waals surface area contributed by atoms with Crippen molar-refractivity contribution in [1.29, 1.82) is 0 Å². The van der Waals surface area contributed by atoms with Crippen molar-refractivity contribution in [1.82, 2.24) is 0 Å². The second-order valence-corrected chi connectivity index (χ2v) is 6.15. The zero-order valence-corrected chi connectivity index (χ0v) is 14.4. The van der Waals surface area contributed by atoms with Crippen molar-refractivity contribution in [2.24, 2.45) is 0 Å². The maximum Gasteiger partial charge on any atom is 0.147 e. The van der Waals surface area contributed by atoms with Crippen LogP contribution in [0.1, 0.15) is 11.1 Å². The fourth-order valence-corrected chi connectivity index (χ4v) is 3.56. The van der Waals surface area contributed by atoms with E-state index >= 15 is 0 Å². The Hall–Kier alpha value is -1.20. The number of rotatable bonds is 4. The van der Waals surface area contributed by atoms with E-state index in [1.165, 1.54) is 0 Å². The van der Waals surface area contributed by atoms with E-state index in [0.29, 0.717) is 6.54 Å². The molecule has 0 aliphatic rings. The molecule has 5 heteroatoms. The second kappa shape index (κ2) is 6.50. The summed E-state index contributed by atoms with van der Waals surface area (Å²) in [4.78, 5) is 0. The molecular weight excluding hydrogens is 386 g/mol. The minimum absolute atomic E-state index is 0.281. The van der Waals surface area contributed by atoms with Crippen LogP contribution in [0.3, 0.4) is 0 Å². The quantitative estimate of drug-likeness (QED) is 0.721. The van der Waals surface area contributed by atoms with E-state index in [9.17, 15) is 5.11 Å². The van der Waals surface area contributed by atoms with Crippen molar-refractivity contribution in [2.45, 2.75) is 13.5 Å². The predicted molar refractivity (Wildman–Crippen MR) is 88.6 cm³/mol. The van der Waals surface area contributed by atoms with Gasteiger partial charge in [0.25, 0.3) is 0 Å². The molecule has 0 radical (unpaired) electrons. The molecule has 0 saturated heterocycles. The fourth-order valence-electron chi connectivity index (χ4n) is 1.95. The van der Waals surface area contributed by atoms with Crippen molar-refractivity contribution < 1.29 is 9.84 Å².